The van der Waals surface area contributed by atoms with Crippen LogP contribution in [0.4, 0.5) is 5.69 Å². The van der Waals surface area contributed by atoms with E-state index in [1.54, 1.807) is 6.07 Å². The van der Waals surface area contributed by atoms with Gasteiger partial charge in [-0.1, -0.05) is 48.5 Å². The fourth-order valence-electron chi connectivity index (χ4n) is 3.81. The number of amides is 1. The van der Waals surface area contributed by atoms with Gasteiger partial charge in [0.05, 0.1) is 13.5 Å². The van der Waals surface area contributed by atoms with E-state index in [9.17, 15) is 9.90 Å². The van der Waals surface area contributed by atoms with Gasteiger partial charge in [0, 0.05) is 30.9 Å². The number of anilines is 1. The summed E-state index contributed by atoms with van der Waals surface area (Å²) in [6, 6.07) is 21.7. The summed E-state index contributed by atoms with van der Waals surface area (Å²) in [6.45, 7) is 1.95. The van der Waals surface area contributed by atoms with Gasteiger partial charge in [-0.05, 0) is 41.3 Å². The Morgan fingerprint density at radius 3 is 2.57 bits per heavy atom. The van der Waals surface area contributed by atoms with Crippen molar-refractivity contribution in [2.45, 2.75) is 25.9 Å². The summed E-state index contributed by atoms with van der Waals surface area (Å²) >= 11 is 0. The van der Waals surface area contributed by atoms with Gasteiger partial charge in [-0.2, -0.15) is 0 Å². The minimum Gasteiger partial charge on any atom is -0.504 e. The number of fused-ring (bicyclic) bond motifs is 1. The maximum absolute atomic E-state index is 12.7. The zero-order chi connectivity index (χ0) is 20.9. The highest BCUT2D eigenvalue weighted by Gasteiger charge is 2.20. The molecule has 0 radical (unpaired) electrons. The monoisotopic (exact) mass is 402 g/mol. The van der Waals surface area contributed by atoms with Crippen molar-refractivity contribution < 1.29 is 14.6 Å². The first-order valence-electron chi connectivity index (χ1n) is 10.2. The van der Waals surface area contributed by atoms with Crippen LogP contribution >= 0.6 is 0 Å². The molecule has 1 aliphatic heterocycles. The van der Waals surface area contributed by atoms with Crippen molar-refractivity contribution in [1.82, 2.24) is 4.90 Å². The molecule has 0 aromatic heterocycles. The third kappa shape index (κ3) is 4.40. The van der Waals surface area contributed by atoms with Gasteiger partial charge in [0.25, 0.3) is 0 Å². The minimum absolute atomic E-state index is 0.151. The second-order valence-electron chi connectivity index (χ2n) is 7.53. The molecule has 3 aromatic carbocycles. The Bertz CT molecular complexity index is 1030. The van der Waals surface area contributed by atoms with Gasteiger partial charge in [0.15, 0.2) is 11.5 Å². The van der Waals surface area contributed by atoms with E-state index < -0.39 is 0 Å². The quantitative estimate of drug-likeness (QED) is 0.651. The van der Waals surface area contributed by atoms with E-state index in [1.165, 1.54) is 18.2 Å². The van der Waals surface area contributed by atoms with Crippen molar-refractivity contribution >= 4 is 11.6 Å². The summed E-state index contributed by atoms with van der Waals surface area (Å²) in [5.41, 5.74) is 5.28. The normalized spacial score (nSPS) is 12.9. The molecule has 2 N–H and O–H groups in total. The summed E-state index contributed by atoms with van der Waals surface area (Å²) in [4.78, 5) is 14.7. The molecule has 3 aromatic rings. The molecule has 0 spiro atoms. The van der Waals surface area contributed by atoms with Gasteiger partial charge in [-0.3, -0.25) is 4.79 Å². The SMILES string of the molecule is COc1cccc(CNc2ccc(CC(=O)N3CCc4ccccc4C3)cc2)c1O. The van der Waals surface area contributed by atoms with Crippen LogP contribution in [0.1, 0.15) is 22.3 Å². The molecule has 4 rings (SSSR count). The number of rotatable bonds is 6. The smallest absolute Gasteiger partial charge is 0.227 e. The standard InChI is InChI=1S/C25H26N2O3/c1-30-23-8-4-7-20(25(23)29)16-26-22-11-9-18(10-12-22)15-24(28)27-14-13-19-5-2-3-6-21(19)17-27/h2-12,26,29H,13-17H2,1H3. The number of phenols is 1. The molecule has 0 saturated carbocycles. The average Bonchev–Trinajstić information content (AvgIpc) is 2.79. The van der Waals surface area contributed by atoms with Gasteiger partial charge in [-0.25, -0.2) is 0 Å². The van der Waals surface area contributed by atoms with Gasteiger partial charge in [-0.15, -0.1) is 0 Å². The highest BCUT2D eigenvalue weighted by Crippen LogP contribution is 2.29. The molecular formula is C25H26N2O3. The third-order valence-corrected chi connectivity index (χ3v) is 5.58. The lowest BCUT2D eigenvalue weighted by atomic mass is 9.99. The summed E-state index contributed by atoms with van der Waals surface area (Å²) in [5, 5.41) is 13.5. The highest BCUT2D eigenvalue weighted by atomic mass is 16.5. The summed E-state index contributed by atoms with van der Waals surface area (Å²) < 4.78 is 5.15. The van der Waals surface area contributed by atoms with Crippen LogP contribution < -0.4 is 10.1 Å². The van der Waals surface area contributed by atoms with Crippen LogP contribution in [0.2, 0.25) is 0 Å². The molecule has 5 heteroatoms. The Morgan fingerprint density at radius 2 is 1.80 bits per heavy atom. The summed E-state index contributed by atoms with van der Waals surface area (Å²) in [6.07, 6.45) is 1.32. The first-order valence-corrected chi connectivity index (χ1v) is 10.2. The zero-order valence-corrected chi connectivity index (χ0v) is 17.1. The van der Waals surface area contributed by atoms with Crippen LogP contribution in [0, 0.1) is 0 Å². The van der Waals surface area contributed by atoms with Crippen molar-refractivity contribution in [1.29, 1.82) is 0 Å². The van der Waals surface area contributed by atoms with E-state index in [-0.39, 0.29) is 11.7 Å². The predicted octanol–water partition coefficient (Wildman–Crippen LogP) is 4.14. The van der Waals surface area contributed by atoms with Crippen molar-refractivity contribution in [3.05, 3.63) is 89.0 Å². The molecular weight excluding hydrogens is 376 g/mol. The molecule has 5 nitrogen and oxygen atoms in total. The number of nitrogens with zero attached hydrogens (tertiary/aromatic N) is 1. The highest BCUT2D eigenvalue weighted by molar-refractivity contribution is 5.79. The van der Waals surface area contributed by atoms with Crippen LogP contribution in [-0.4, -0.2) is 29.6 Å². The topological polar surface area (TPSA) is 61.8 Å². The van der Waals surface area contributed by atoms with Crippen LogP contribution in [-0.2, 0) is 30.7 Å². The largest absolute Gasteiger partial charge is 0.504 e. The molecule has 30 heavy (non-hydrogen) atoms. The van der Waals surface area contributed by atoms with Crippen LogP contribution in [0.15, 0.2) is 66.7 Å². The Labute approximate surface area is 176 Å². The fourth-order valence-corrected chi connectivity index (χ4v) is 3.81. The molecule has 0 saturated heterocycles. The lowest BCUT2D eigenvalue weighted by Crippen LogP contribution is -2.36. The number of ether oxygens (including phenoxy) is 1. The van der Waals surface area contributed by atoms with Crippen molar-refractivity contribution in [2.24, 2.45) is 0 Å². The molecule has 1 heterocycles. The molecule has 154 valence electrons. The number of hydrogen-bond acceptors (Lipinski definition) is 4. The van der Waals surface area contributed by atoms with E-state index in [0.29, 0.717) is 25.3 Å². The van der Waals surface area contributed by atoms with E-state index in [2.05, 4.69) is 23.5 Å². The van der Waals surface area contributed by atoms with Gasteiger partial charge in [0.2, 0.25) is 5.91 Å². The number of benzene rings is 3. The molecule has 0 bridgehead atoms. The Morgan fingerprint density at radius 1 is 1.03 bits per heavy atom. The maximum atomic E-state index is 12.7. The lowest BCUT2D eigenvalue weighted by Gasteiger charge is -2.29. The number of carbonyl (C=O) groups excluding carboxylic acids is 1. The van der Waals surface area contributed by atoms with Crippen molar-refractivity contribution in [2.75, 3.05) is 19.0 Å². The number of aromatic hydroxyl groups is 1. The number of hydrogen-bond donors (Lipinski definition) is 2. The number of carbonyl (C=O) groups is 1. The number of phenolic OH excluding ortho intramolecular Hbond substituents is 1. The Balaban J connectivity index is 1.33. The maximum Gasteiger partial charge on any atom is 0.227 e. The average molecular weight is 402 g/mol. The third-order valence-electron chi connectivity index (χ3n) is 5.58. The van der Waals surface area contributed by atoms with Gasteiger partial charge < -0.3 is 20.1 Å². The van der Waals surface area contributed by atoms with Gasteiger partial charge >= 0.3 is 0 Å². The second kappa shape index (κ2) is 8.91. The Hall–Kier alpha value is -3.47. The summed E-state index contributed by atoms with van der Waals surface area (Å²) in [5.74, 6) is 0.771. The van der Waals surface area contributed by atoms with E-state index in [4.69, 9.17) is 4.74 Å². The Kier molecular flexibility index (Phi) is 5.89. The minimum atomic E-state index is 0.151. The molecule has 0 fully saturated rings. The molecule has 0 aliphatic carbocycles. The van der Waals surface area contributed by atoms with E-state index in [0.717, 1.165) is 29.8 Å². The number of methoxy groups -OCH3 is 1. The molecule has 0 unspecified atom stereocenters. The number of para-hydroxylation sites is 1. The molecule has 1 amide bonds. The fraction of sp³-hybridized carbons (Fsp3) is 0.240. The van der Waals surface area contributed by atoms with E-state index >= 15 is 0 Å². The zero-order valence-electron chi connectivity index (χ0n) is 17.1. The van der Waals surface area contributed by atoms with Crippen LogP contribution in [0.3, 0.4) is 0 Å². The predicted molar refractivity (Wildman–Crippen MR) is 118 cm³/mol. The van der Waals surface area contributed by atoms with Crippen LogP contribution in [0.5, 0.6) is 11.5 Å². The molecule has 0 atom stereocenters. The summed E-state index contributed by atoms with van der Waals surface area (Å²) in [7, 11) is 1.54. The van der Waals surface area contributed by atoms with Crippen molar-refractivity contribution in [3.8, 4) is 11.5 Å². The van der Waals surface area contributed by atoms with Crippen molar-refractivity contribution in [3.63, 3.8) is 0 Å². The molecule has 1 aliphatic rings. The second-order valence-corrected chi connectivity index (χ2v) is 7.53. The van der Waals surface area contributed by atoms with Gasteiger partial charge in [0.1, 0.15) is 0 Å². The first kappa shape index (κ1) is 19.8. The van der Waals surface area contributed by atoms with Crippen LogP contribution in [0.25, 0.3) is 0 Å². The lowest BCUT2D eigenvalue weighted by molar-refractivity contribution is -0.131. The number of nitrogens with one attached hydrogen (secondary N) is 1. The first-order chi connectivity index (χ1) is 14.6. The van der Waals surface area contributed by atoms with E-state index in [1.807, 2.05) is 47.4 Å².